The number of aryl methyl sites for hydroxylation is 1. The zero-order valence-corrected chi connectivity index (χ0v) is 17.5. The summed E-state index contributed by atoms with van der Waals surface area (Å²) >= 11 is 3.40. The lowest BCUT2D eigenvalue weighted by Gasteiger charge is -2.24. The number of hydrogen-bond donors (Lipinski definition) is 2. The highest BCUT2D eigenvalue weighted by atomic mass is 79.9. The largest absolute Gasteiger partial charge is 0.495 e. The molecule has 27 heavy (non-hydrogen) atoms. The van der Waals surface area contributed by atoms with Crippen LogP contribution in [-0.4, -0.2) is 43.5 Å². The summed E-state index contributed by atoms with van der Waals surface area (Å²) in [6.07, 6.45) is 0. The van der Waals surface area contributed by atoms with E-state index in [-0.39, 0.29) is 18.4 Å². The van der Waals surface area contributed by atoms with Crippen molar-refractivity contribution < 1.29 is 14.3 Å². The second-order valence-corrected chi connectivity index (χ2v) is 7.20. The van der Waals surface area contributed by atoms with Crippen LogP contribution in [0.4, 0.5) is 11.4 Å². The number of nitrogens with zero attached hydrogens (tertiary/aromatic N) is 1. The first-order chi connectivity index (χ1) is 12.8. The van der Waals surface area contributed by atoms with Crippen LogP contribution in [0.2, 0.25) is 0 Å². The first-order valence-corrected chi connectivity index (χ1v) is 9.31. The molecule has 0 spiro atoms. The second-order valence-electron chi connectivity index (χ2n) is 6.29. The van der Waals surface area contributed by atoms with Gasteiger partial charge in [0, 0.05) is 10.2 Å². The van der Waals surface area contributed by atoms with E-state index in [4.69, 9.17) is 4.74 Å². The minimum Gasteiger partial charge on any atom is -0.495 e. The second kappa shape index (κ2) is 9.53. The Bertz CT molecular complexity index is 826. The summed E-state index contributed by atoms with van der Waals surface area (Å²) in [5, 5.41) is 5.71. The summed E-state index contributed by atoms with van der Waals surface area (Å²) in [7, 11) is 3.29. The Labute approximate surface area is 168 Å². The van der Waals surface area contributed by atoms with Gasteiger partial charge in [0.25, 0.3) is 0 Å². The van der Waals surface area contributed by atoms with E-state index in [0.717, 1.165) is 15.7 Å². The monoisotopic (exact) mass is 433 g/mol. The molecule has 1 atom stereocenters. The van der Waals surface area contributed by atoms with E-state index in [0.29, 0.717) is 11.4 Å². The van der Waals surface area contributed by atoms with Gasteiger partial charge in [0.05, 0.1) is 25.4 Å². The van der Waals surface area contributed by atoms with Crippen molar-refractivity contribution >= 4 is 39.1 Å². The first-order valence-electron chi connectivity index (χ1n) is 8.52. The fourth-order valence-corrected chi connectivity index (χ4v) is 2.98. The van der Waals surface area contributed by atoms with Crippen LogP contribution in [0, 0.1) is 6.92 Å². The van der Waals surface area contributed by atoms with Gasteiger partial charge >= 0.3 is 0 Å². The molecular formula is C20H24BrN3O3. The number of halogens is 1. The van der Waals surface area contributed by atoms with Gasteiger partial charge in [0.15, 0.2) is 0 Å². The number of methoxy groups -OCH3 is 1. The third kappa shape index (κ3) is 5.80. The van der Waals surface area contributed by atoms with Crippen molar-refractivity contribution in [1.29, 1.82) is 0 Å². The molecule has 2 aromatic carbocycles. The lowest BCUT2D eigenvalue weighted by molar-refractivity contribution is -0.122. The number of anilines is 2. The van der Waals surface area contributed by atoms with Gasteiger partial charge in [0.2, 0.25) is 11.8 Å². The summed E-state index contributed by atoms with van der Waals surface area (Å²) in [5.74, 6) is 0.193. The number of rotatable bonds is 7. The number of benzene rings is 2. The number of hydrogen-bond acceptors (Lipinski definition) is 4. The Morgan fingerprint density at radius 3 is 2.52 bits per heavy atom. The van der Waals surface area contributed by atoms with Crippen LogP contribution < -0.4 is 15.4 Å². The topological polar surface area (TPSA) is 70.7 Å². The van der Waals surface area contributed by atoms with Crippen molar-refractivity contribution in [3.05, 3.63) is 52.5 Å². The van der Waals surface area contributed by atoms with E-state index in [1.54, 1.807) is 38.1 Å². The van der Waals surface area contributed by atoms with Crippen molar-refractivity contribution in [2.24, 2.45) is 0 Å². The highest BCUT2D eigenvalue weighted by Gasteiger charge is 2.21. The molecule has 0 radical (unpaired) electrons. The van der Waals surface area contributed by atoms with Gasteiger partial charge in [-0.2, -0.15) is 0 Å². The van der Waals surface area contributed by atoms with E-state index in [1.807, 2.05) is 37.3 Å². The van der Waals surface area contributed by atoms with Gasteiger partial charge in [-0.05, 0) is 56.8 Å². The van der Waals surface area contributed by atoms with Crippen molar-refractivity contribution in [2.45, 2.75) is 19.9 Å². The number of likely N-dealkylation sites (N-methyl/N-ethyl adjacent to an activating group) is 1. The van der Waals surface area contributed by atoms with Gasteiger partial charge in [-0.3, -0.25) is 14.5 Å². The molecule has 1 unspecified atom stereocenters. The lowest BCUT2D eigenvalue weighted by Crippen LogP contribution is -2.43. The smallest absolute Gasteiger partial charge is 0.241 e. The van der Waals surface area contributed by atoms with Crippen LogP contribution in [0.3, 0.4) is 0 Å². The van der Waals surface area contributed by atoms with Gasteiger partial charge in [-0.25, -0.2) is 0 Å². The fraction of sp³-hybridized carbons (Fsp3) is 0.300. The molecule has 0 aliphatic rings. The summed E-state index contributed by atoms with van der Waals surface area (Å²) in [5.41, 5.74) is 2.31. The Kier molecular flexibility index (Phi) is 7.38. The first kappa shape index (κ1) is 20.9. The Hall–Kier alpha value is -2.38. The van der Waals surface area contributed by atoms with Crippen LogP contribution in [0.25, 0.3) is 0 Å². The van der Waals surface area contributed by atoms with Crippen molar-refractivity contribution in [3.63, 3.8) is 0 Å². The molecule has 0 aromatic heterocycles. The molecule has 0 saturated heterocycles. The summed E-state index contributed by atoms with van der Waals surface area (Å²) in [6, 6.07) is 12.4. The number of nitrogens with one attached hydrogen (secondary N) is 2. The Morgan fingerprint density at radius 1 is 1.15 bits per heavy atom. The van der Waals surface area contributed by atoms with Gasteiger partial charge in [-0.15, -0.1) is 0 Å². The van der Waals surface area contributed by atoms with Crippen molar-refractivity contribution in [1.82, 2.24) is 4.90 Å². The molecule has 0 bridgehead atoms. The highest BCUT2D eigenvalue weighted by Crippen LogP contribution is 2.23. The molecule has 6 nitrogen and oxygen atoms in total. The average molecular weight is 434 g/mol. The Morgan fingerprint density at radius 2 is 1.85 bits per heavy atom. The zero-order valence-electron chi connectivity index (χ0n) is 15.9. The van der Waals surface area contributed by atoms with Gasteiger partial charge < -0.3 is 15.4 Å². The van der Waals surface area contributed by atoms with Crippen molar-refractivity contribution in [2.75, 3.05) is 31.3 Å². The van der Waals surface area contributed by atoms with Crippen LogP contribution in [0.5, 0.6) is 5.75 Å². The normalized spacial score (nSPS) is 11.8. The quantitative estimate of drug-likeness (QED) is 0.698. The molecule has 2 rings (SSSR count). The molecule has 0 aliphatic heterocycles. The molecule has 2 N–H and O–H groups in total. The van der Waals surface area contributed by atoms with E-state index in [1.165, 1.54) is 0 Å². The number of amides is 2. The van der Waals surface area contributed by atoms with E-state index in [2.05, 4.69) is 26.6 Å². The molecular weight excluding hydrogens is 410 g/mol. The summed E-state index contributed by atoms with van der Waals surface area (Å²) in [4.78, 5) is 26.5. The molecule has 0 heterocycles. The van der Waals surface area contributed by atoms with Crippen LogP contribution >= 0.6 is 15.9 Å². The van der Waals surface area contributed by atoms with Crippen LogP contribution in [0.1, 0.15) is 12.5 Å². The highest BCUT2D eigenvalue weighted by molar-refractivity contribution is 9.10. The number of carbonyl (C=O) groups is 2. The standard InChI is InChI=1S/C20H24BrN3O3/c1-13-11-15(21)9-10-16(13)22-19(25)12-24(3)14(2)20(26)23-17-7-5-6-8-18(17)27-4/h5-11,14H,12H2,1-4H3,(H,22,25)(H,23,26). The maximum absolute atomic E-state index is 12.5. The maximum atomic E-state index is 12.5. The lowest BCUT2D eigenvalue weighted by atomic mass is 10.2. The minimum atomic E-state index is -0.494. The fourth-order valence-electron chi connectivity index (χ4n) is 2.51. The molecule has 144 valence electrons. The number of ether oxygens (including phenoxy) is 1. The maximum Gasteiger partial charge on any atom is 0.241 e. The predicted molar refractivity (Wildman–Crippen MR) is 111 cm³/mol. The van der Waals surface area contributed by atoms with Gasteiger partial charge in [0.1, 0.15) is 5.75 Å². The van der Waals surface area contributed by atoms with Gasteiger partial charge in [-0.1, -0.05) is 28.1 Å². The molecule has 2 aromatic rings. The number of para-hydroxylation sites is 2. The third-order valence-corrected chi connectivity index (χ3v) is 4.75. The van der Waals surface area contributed by atoms with Crippen LogP contribution in [0.15, 0.2) is 46.9 Å². The van der Waals surface area contributed by atoms with Crippen molar-refractivity contribution in [3.8, 4) is 5.75 Å². The summed E-state index contributed by atoms with van der Waals surface area (Å²) < 4.78 is 6.20. The van der Waals surface area contributed by atoms with E-state index >= 15 is 0 Å². The summed E-state index contributed by atoms with van der Waals surface area (Å²) in [6.45, 7) is 3.77. The third-order valence-electron chi connectivity index (χ3n) is 4.26. The molecule has 2 amide bonds. The zero-order chi connectivity index (χ0) is 20.0. The minimum absolute atomic E-state index is 0.0933. The molecule has 0 aliphatic carbocycles. The Balaban J connectivity index is 1.94. The van der Waals surface area contributed by atoms with E-state index in [9.17, 15) is 9.59 Å². The van der Waals surface area contributed by atoms with Crippen LogP contribution in [-0.2, 0) is 9.59 Å². The predicted octanol–water partition coefficient (Wildman–Crippen LogP) is 3.66. The molecule has 7 heteroatoms. The molecule has 0 fully saturated rings. The number of carbonyl (C=O) groups excluding carboxylic acids is 2. The van der Waals surface area contributed by atoms with E-state index < -0.39 is 6.04 Å². The average Bonchev–Trinajstić information content (AvgIpc) is 2.63. The molecule has 0 saturated carbocycles. The SMILES string of the molecule is COc1ccccc1NC(=O)C(C)N(C)CC(=O)Nc1ccc(Br)cc1C.